The zero-order valence-corrected chi connectivity index (χ0v) is 15.4. The van der Waals surface area contributed by atoms with E-state index in [4.69, 9.17) is 4.74 Å². The van der Waals surface area contributed by atoms with Gasteiger partial charge in [-0.1, -0.05) is 6.92 Å². The number of ether oxygens (including phenoxy) is 1. The molecule has 0 unspecified atom stereocenters. The average molecular weight is 384 g/mol. The van der Waals surface area contributed by atoms with Crippen LogP contribution in [0.3, 0.4) is 0 Å². The first-order valence-corrected chi connectivity index (χ1v) is 8.61. The molecule has 0 aromatic heterocycles. The van der Waals surface area contributed by atoms with Gasteiger partial charge in [-0.15, -0.1) is 0 Å². The number of aromatic carboxylic acids is 1. The number of amides is 2. The van der Waals surface area contributed by atoms with E-state index in [2.05, 4.69) is 10.6 Å². The fraction of sp³-hybridized carbons (Fsp3) is 0.200. The van der Waals surface area contributed by atoms with E-state index in [1.54, 1.807) is 13.8 Å². The molecule has 146 valence electrons. The van der Waals surface area contributed by atoms with Gasteiger partial charge in [-0.2, -0.15) is 0 Å². The van der Waals surface area contributed by atoms with Crippen LogP contribution in [0.4, 0.5) is 11.4 Å². The standard InChI is InChI=1S/C20H20N2O6/c1-3-17(23)21-14-9-10-15(19(25)26)16(11-14)22-18(24)12-5-7-13(8-6-12)20(27)28-4-2/h5-11H,3-4H2,1-2H3,(H,21,23)(H,22,24)(H,25,26). The fourth-order valence-electron chi connectivity index (χ4n) is 2.33. The fourth-order valence-corrected chi connectivity index (χ4v) is 2.33. The van der Waals surface area contributed by atoms with Gasteiger partial charge in [-0.25, -0.2) is 9.59 Å². The second-order valence-corrected chi connectivity index (χ2v) is 5.72. The lowest BCUT2D eigenvalue weighted by molar-refractivity contribution is -0.115. The maximum atomic E-state index is 12.5. The summed E-state index contributed by atoms with van der Waals surface area (Å²) in [4.78, 5) is 47.1. The van der Waals surface area contributed by atoms with Crippen molar-refractivity contribution >= 4 is 35.1 Å². The van der Waals surface area contributed by atoms with Crippen LogP contribution in [0, 0.1) is 0 Å². The lowest BCUT2D eigenvalue weighted by atomic mass is 10.1. The van der Waals surface area contributed by atoms with Crippen LogP contribution in [-0.2, 0) is 9.53 Å². The Morgan fingerprint density at radius 1 is 0.929 bits per heavy atom. The summed E-state index contributed by atoms with van der Waals surface area (Å²) in [7, 11) is 0. The number of carbonyl (C=O) groups excluding carboxylic acids is 3. The van der Waals surface area contributed by atoms with Gasteiger partial charge in [0, 0.05) is 17.7 Å². The summed E-state index contributed by atoms with van der Waals surface area (Å²) in [5.41, 5.74) is 0.818. The summed E-state index contributed by atoms with van der Waals surface area (Å²) in [6.45, 7) is 3.62. The zero-order chi connectivity index (χ0) is 20.7. The number of carbonyl (C=O) groups is 4. The normalized spacial score (nSPS) is 10.1. The van der Waals surface area contributed by atoms with E-state index in [1.807, 2.05) is 0 Å². The largest absolute Gasteiger partial charge is 0.478 e. The maximum Gasteiger partial charge on any atom is 0.338 e. The van der Waals surface area contributed by atoms with Crippen LogP contribution in [0.15, 0.2) is 42.5 Å². The average Bonchev–Trinajstić information content (AvgIpc) is 2.68. The van der Waals surface area contributed by atoms with E-state index in [1.165, 1.54) is 42.5 Å². The number of hydrogen-bond acceptors (Lipinski definition) is 5. The topological polar surface area (TPSA) is 122 Å². The van der Waals surface area contributed by atoms with Crippen molar-refractivity contribution in [1.29, 1.82) is 0 Å². The summed E-state index contributed by atoms with van der Waals surface area (Å²) in [5, 5.41) is 14.5. The number of carboxylic acids is 1. The highest BCUT2D eigenvalue weighted by molar-refractivity contribution is 6.08. The first-order chi connectivity index (χ1) is 13.3. The van der Waals surface area contributed by atoms with Crippen LogP contribution in [0.2, 0.25) is 0 Å². The van der Waals surface area contributed by atoms with Gasteiger partial charge in [0.15, 0.2) is 0 Å². The molecule has 0 aliphatic rings. The van der Waals surface area contributed by atoms with Crippen molar-refractivity contribution in [3.8, 4) is 0 Å². The molecule has 0 spiro atoms. The van der Waals surface area contributed by atoms with Crippen molar-refractivity contribution in [2.45, 2.75) is 20.3 Å². The Labute approximate surface area is 161 Å². The number of hydrogen-bond donors (Lipinski definition) is 3. The Balaban J connectivity index is 2.24. The van der Waals surface area contributed by atoms with E-state index in [-0.39, 0.29) is 35.7 Å². The molecule has 2 rings (SSSR count). The van der Waals surface area contributed by atoms with Crippen molar-refractivity contribution in [1.82, 2.24) is 0 Å². The van der Waals surface area contributed by atoms with E-state index in [0.717, 1.165) is 0 Å². The summed E-state index contributed by atoms with van der Waals surface area (Å²) in [6, 6.07) is 9.89. The van der Waals surface area contributed by atoms with Crippen LogP contribution >= 0.6 is 0 Å². The van der Waals surface area contributed by atoms with Gasteiger partial charge < -0.3 is 20.5 Å². The van der Waals surface area contributed by atoms with Crippen molar-refractivity contribution < 1.29 is 29.0 Å². The molecular weight excluding hydrogens is 364 g/mol. The third-order valence-electron chi connectivity index (χ3n) is 3.76. The molecule has 0 radical (unpaired) electrons. The van der Waals surface area contributed by atoms with Gasteiger partial charge in [0.1, 0.15) is 0 Å². The highest BCUT2D eigenvalue weighted by atomic mass is 16.5. The molecule has 0 saturated carbocycles. The van der Waals surface area contributed by atoms with Gasteiger partial charge in [-0.3, -0.25) is 9.59 Å². The number of anilines is 2. The van der Waals surface area contributed by atoms with Gasteiger partial charge in [0.2, 0.25) is 5.91 Å². The third kappa shape index (κ3) is 5.16. The second-order valence-electron chi connectivity index (χ2n) is 5.72. The molecule has 0 fully saturated rings. The van der Waals surface area contributed by atoms with Gasteiger partial charge >= 0.3 is 11.9 Å². The Morgan fingerprint density at radius 3 is 2.14 bits per heavy atom. The van der Waals surface area contributed by atoms with Crippen molar-refractivity contribution in [3.63, 3.8) is 0 Å². The Kier molecular flexibility index (Phi) is 6.86. The first-order valence-electron chi connectivity index (χ1n) is 8.61. The number of rotatable bonds is 7. The van der Waals surface area contributed by atoms with Crippen LogP contribution in [-0.4, -0.2) is 35.5 Å². The van der Waals surface area contributed by atoms with Gasteiger partial charge in [0.05, 0.1) is 23.4 Å². The molecule has 0 atom stereocenters. The van der Waals surface area contributed by atoms with E-state index >= 15 is 0 Å². The van der Waals surface area contributed by atoms with E-state index < -0.39 is 17.8 Å². The maximum absolute atomic E-state index is 12.5. The number of carboxylic acid groups (broad SMARTS) is 1. The quantitative estimate of drug-likeness (QED) is 0.630. The summed E-state index contributed by atoms with van der Waals surface area (Å²) in [5.74, 6) is -2.52. The molecule has 0 saturated heterocycles. The van der Waals surface area contributed by atoms with Crippen LogP contribution < -0.4 is 10.6 Å². The predicted octanol–water partition coefficient (Wildman–Crippen LogP) is 3.16. The number of nitrogens with one attached hydrogen (secondary N) is 2. The molecule has 2 aromatic rings. The Hall–Kier alpha value is -3.68. The molecule has 2 aromatic carbocycles. The summed E-state index contributed by atoms with van der Waals surface area (Å²) < 4.78 is 4.88. The lowest BCUT2D eigenvalue weighted by Gasteiger charge is -2.12. The summed E-state index contributed by atoms with van der Waals surface area (Å²) >= 11 is 0. The monoisotopic (exact) mass is 384 g/mol. The number of esters is 1. The van der Waals surface area contributed by atoms with Crippen LogP contribution in [0.1, 0.15) is 51.3 Å². The summed E-state index contributed by atoms with van der Waals surface area (Å²) in [6.07, 6.45) is 0.259. The molecule has 0 aliphatic heterocycles. The highest BCUT2D eigenvalue weighted by Crippen LogP contribution is 2.22. The van der Waals surface area contributed by atoms with E-state index in [9.17, 15) is 24.3 Å². The first kappa shape index (κ1) is 20.6. The molecule has 0 aliphatic carbocycles. The molecule has 28 heavy (non-hydrogen) atoms. The SMILES string of the molecule is CCOC(=O)c1ccc(C(=O)Nc2cc(NC(=O)CC)ccc2C(=O)O)cc1. The molecule has 2 amide bonds. The molecule has 0 bridgehead atoms. The van der Waals surface area contributed by atoms with Gasteiger partial charge in [0.25, 0.3) is 5.91 Å². The lowest BCUT2D eigenvalue weighted by Crippen LogP contribution is -2.16. The minimum absolute atomic E-state index is 0.0425. The zero-order valence-electron chi connectivity index (χ0n) is 15.4. The smallest absolute Gasteiger partial charge is 0.338 e. The molecule has 0 heterocycles. The van der Waals surface area contributed by atoms with Crippen molar-refractivity contribution in [2.24, 2.45) is 0 Å². The number of benzene rings is 2. The minimum Gasteiger partial charge on any atom is -0.478 e. The Bertz CT molecular complexity index is 905. The van der Waals surface area contributed by atoms with Crippen molar-refractivity contribution in [2.75, 3.05) is 17.2 Å². The Morgan fingerprint density at radius 2 is 1.57 bits per heavy atom. The predicted molar refractivity (Wildman–Crippen MR) is 103 cm³/mol. The molecule has 3 N–H and O–H groups in total. The van der Waals surface area contributed by atoms with E-state index in [0.29, 0.717) is 11.3 Å². The second kappa shape index (κ2) is 9.31. The van der Waals surface area contributed by atoms with Crippen LogP contribution in [0.5, 0.6) is 0 Å². The molecule has 8 heteroatoms. The third-order valence-corrected chi connectivity index (χ3v) is 3.76. The molecule has 8 nitrogen and oxygen atoms in total. The highest BCUT2D eigenvalue weighted by Gasteiger charge is 2.16. The van der Waals surface area contributed by atoms with Crippen LogP contribution in [0.25, 0.3) is 0 Å². The minimum atomic E-state index is -1.22. The van der Waals surface area contributed by atoms with Crippen molar-refractivity contribution in [3.05, 3.63) is 59.2 Å². The van der Waals surface area contributed by atoms with Gasteiger partial charge in [-0.05, 0) is 49.4 Å². The molecular formula is C20H20N2O6.